The van der Waals surface area contributed by atoms with Crippen LogP contribution in [0.15, 0.2) is 109 Å². The Morgan fingerprint density at radius 1 is 0.517 bits per heavy atom. The molecule has 60 heavy (non-hydrogen) atoms. The summed E-state index contributed by atoms with van der Waals surface area (Å²) < 4.78 is 5.88. The second-order valence-corrected chi connectivity index (χ2v) is 15.8. The molecule has 0 aromatic rings. The SMILES string of the molecule is CC/C=C\C/C=C\C/C=C\C/C=C\C/C=C\CCCC(CC(=O)NC(CO)C(O)CCCCCCCCCCC)OC(=O)CCCCCCC\C=C/C=C/C=C/C=C/CC. The Labute approximate surface area is 368 Å². The molecule has 340 valence electrons. The van der Waals surface area contributed by atoms with Gasteiger partial charge in [-0.05, 0) is 83.5 Å². The molecule has 0 radical (unpaired) electrons. The van der Waals surface area contributed by atoms with Crippen molar-refractivity contribution in [2.24, 2.45) is 0 Å². The zero-order valence-corrected chi connectivity index (χ0v) is 38.5. The molecule has 0 saturated heterocycles. The highest BCUT2D eigenvalue weighted by Gasteiger charge is 2.24. The van der Waals surface area contributed by atoms with Gasteiger partial charge >= 0.3 is 5.97 Å². The number of allylic oxidation sites excluding steroid dienone is 18. The number of unbranched alkanes of at least 4 members (excludes halogenated alkanes) is 14. The number of rotatable bonds is 41. The van der Waals surface area contributed by atoms with E-state index in [4.69, 9.17) is 4.74 Å². The van der Waals surface area contributed by atoms with Crippen LogP contribution >= 0.6 is 0 Å². The van der Waals surface area contributed by atoms with Gasteiger partial charge in [0.1, 0.15) is 6.10 Å². The minimum absolute atomic E-state index is 0.0214. The first kappa shape index (κ1) is 56.5. The second-order valence-electron chi connectivity index (χ2n) is 15.8. The van der Waals surface area contributed by atoms with E-state index in [9.17, 15) is 19.8 Å². The minimum atomic E-state index is -0.812. The van der Waals surface area contributed by atoms with Crippen LogP contribution in [0, 0.1) is 0 Å². The fourth-order valence-corrected chi connectivity index (χ4v) is 6.59. The lowest BCUT2D eigenvalue weighted by Gasteiger charge is -2.24. The highest BCUT2D eigenvalue weighted by Crippen LogP contribution is 2.16. The lowest BCUT2D eigenvalue weighted by Crippen LogP contribution is -2.46. The Bertz CT molecular complexity index is 1250. The molecule has 6 nitrogen and oxygen atoms in total. The predicted octanol–water partition coefficient (Wildman–Crippen LogP) is 14.3. The quantitative estimate of drug-likeness (QED) is 0.0247. The molecule has 3 atom stereocenters. The first-order valence-corrected chi connectivity index (χ1v) is 24.2. The van der Waals surface area contributed by atoms with Gasteiger partial charge < -0.3 is 20.3 Å². The number of amides is 1. The third-order valence-electron chi connectivity index (χ3n) is 10.2. The van der Waals surface area contributed by atoms with Crippen molar-refractivity contribution in [3.05, 3.63) is 109 Å². The first-order valence-electron chi connectivity index (χ1n) is 24.2. The summed E-state index contributed by atoms with van der Waals surface area (Å²) in [4.78, 5) is 26.1. The Morgan fingerprint density at radius 2 is 1.00 bits per heavy atom. The number of esters is 1. The molecule has 0 aliphatic heterocycles. The van der Waals surface area contributed by atoms with Gasteiger partial charge in [0.05, 0.1) is 25.2 Å². The Hall–Kier alpha value is -3.48. The maximum absolute atomic E-state index is 13.2. The summed E-state index contributed by atoms with van der Waals surface area (Å²) in [5.41, 5.74) is 0. The average molecular weight is 832 g/mol. The summed E-state index contributed by atoms with van der Waals surface area (Å²) in [5, 5.41) is 23.6. The molecule has 0 saturated carbocycles. The van der Waals surface area contributed by atoms with Crippen molar-refractivity contribution in [2.45, 2.75) is 212 Å². The number of hydrogen-bond donors (Lipinski definition) is 3. The molecule has 0 spiro atoms. The molecule has 0 aliphatic rings. The smallest absolute Gasteiger partial charge is 0.306 e. The molecule has 0 fully saturated rings. The van der Waals surface area contributed by atoms with Crippen LogP contribution in [0.25, 0.3) is 0 Å². The van der Waals surface area contributed by atoms with Gasteiger partial charge in [-0.1, -0.05) is 207 Å². The van der Waals surface area contributed by atoms with Crippen molar-refractivity contribution >= 4 is 11.9 Å². The maximum atomic E-state index is 13.2. The zero-order valence-electron chi connectivity index (χ0n) is 38.5. The zero-order chi connectivity index (χ0) is 43.8. The normalized spacial score (nSPS) is 14.3. The van der Waals surface area contributed by atoms with Crippen molar-refractivity contribution in [3.8, 4) is 0 Å². The van der Waals surface area contributed by atoms with E-state index in [0.29, 0.717) is 19.3 Å². The van der Waals surface area contributed by atoms with Gasteiger partial charge in [-0.15, -0.1) is 0 Å². The molecular weight excluding hydrogens is 743 g/mol. The maximum Gasteiger partial charge on any atom is 0.306 e. The fourth-order valence-electron chi connectivity index (χ4n) is 6.59. The van der Waals surface area contributed by atoms with Gasteiger partial charge in [-0.25, -0.2) is 0 Å². The molecular formula is C54H89NO5. The van der Waals surface area contributed by atoms with Crippen molar-refractivity contribution in [2.75, 3.05) is 6.61 Å². The molecule has 0 bridgehead atoms. The van der Waals surface area contributed by atoms with Gasteiger partial charge in [-0.2, -0.15) is 0 Å². The molecule has 0 aliphatic carbocycles. The summed E-state index contributed by atoms with van der Waals surface area (Å²) in [7, 11) is 0. The van der Waals surface area contributed by atoms with Gasteiger partial charge in [-0.3, -0.25) is 9.59 Å². The number of nitrogens with one attached hydrogen (secondary N) is 1. The van der Waals surface area contributed by atoms with Crippen LogP contribution in [0.2, 0.25) is 0 Å². The molecule has 1 amide bonds. The van der Waals surface area contributed by atoms with E-state index in [-0.39, 0.29) is 24.9 Å². The molecule has 0 heterocycles. The molecule has 0 rings (SSSR count). The van der Waals surface area contributed by atoms with Gasteiger partial charge in [0.2, 0.25) is 5.91 Å². The van der Waals surface area contributed by atoms with Gasteiger partial charge in [0.15, 0.2) is 0 Å². The standard InChI is InChI=1S/C54H89NO5/c1-4-7-10-13-16-19-21-23-25-26-28-29-31-34-36-39-42-45-50(48-53(58)55-51(49-56)52(57)46-43-40-37-33-18-15-12-9-6-3)60-54(59)47-44-41-38-35-32-30-27-24-22-20-17-14-11-8-5-2/h7-8,10-11,14,16-17,19-20,22-25,27-29,34,36,50-52,56-57H,4-6,9,12-13,15,18,21,26,30-33,35,37-49H2,1-3H3,(H,55,58)/b10-7-,11-8+,17-14+,19-16-,22-20+,25-23-,27-24-,29-28-,36-34-. The predicted molar refractivity (Wildman–Crippen MR) is 259 cm³/mol. The molecule has 6 heteroatoms. The van der Waals surface area contributed by atoms with Crippen molar-refractivity contribution in [1.82, 2.24) is 5.32 Å². The van der Waals surface area contributed by atoms with Crippen LogP contribution in [0.3, 0.4) is 0 Å². The third-order valence-corrected chi connectivity index (χ3v) is 10.2. The molecule has 0 aromatic carbocycles. The number of carbonyl (C=O) groups excluding carboxylic acids is 2. The highest BCUT2D eigenvalue weighted by molar-refractivity contribution is 5.77. The molecule has 0 aromatic heterocycles. The van der Waals surface area contributed by atoms with Gasteiger partial charge in [0.25, 0.3) is 0 Å². The molecule has 3 unspecified atom stereocenters. The number of carbonyl (C=O) groups is 2. The van der Waals surface area contributed by atoms with E-state index < -0.39 is 18.2 Å². The van der Waals surface area contributed by atoms with Crippen LogP contribution in [0.5, 0.6) is 0 Å². The van der Waals surface area contributed by atoms with Crippen LogP contribution in [0.1, 0.15) is 194 Å². The summed E-state index contributed by atoms with van der Waals surface area (Å²) in [5.74, 6) is -0.571. The van der Waals surface area contributed by atoms with Gasteiger partial charge in [0, 0.05) is 6.42 Å². The summed E-state index contributed by atoms with van der Waals surface area (Å²) in [6.45, 7) is 6.17. The van der Waals surface area contributed by atoms with E-state index in [1.54, 1.807) is 0 Å². The number of aliphatic hydroxyl groups is 2. The van der Waals surface area contributed by atoms with E-state index in [1.165, 1.54) is 38.5 Å². The Kier molecular flexibility index (Phi) is 43.9. The third kappa shape index (κ3) is 41.3. The van der Waals surface area contributed by atoms with E-state index >= 15 is 0 Å². The lowest BCUT2D eigenvalue weighted by atomic mass is 10.0. The van der Waals surface area contributed by atoms with Crippen LogP contribution in [0.4, 0.5) is 0 Å². The monoisotopic (exact) mass is 832 g/mol. The second kappa shape index (κ2) is 46.6. The van der Waals surface area contributed by atoms with Crippen LogP contribution in [-0.2, 0) is 14.3 Å². The number of aliphatic hydroxyl groups excluding tert-OH is 2. The lowest BCUT2D eigenvalue weighted by molar-refractivity contribution is -0.151. The largest absolute Gasteiger partial charge is 0.462 e. The Morgan fingerprint density at radius 3 is 1.58 bits per heavy atom. The van der Waals surface area contributed by atoms with Crippen molar-refractivity contribution in [3.63, 3.8) is 0 Å². The summed E-state index contributed by atoms with van der Waals surface area (Å²) in [6, 6.07) is -0.730. The highest BCUT2D eigenvalue weighted by atomic mass is 16.5. The first-order chi connectivity index (χ1) is 29.5. The van der Waals surface area contributed by atoms with Crippen LogP contribution < -0.4 is 5.32 Å². The topological polar surface area (TPSA) is 95.9 Å². The molecule has 3 N–H and O–H groups in total. The van der Waals surface area contributed by atoms with Crippen molar-refractivity contribution in [1.29, 1.82) is 0 Å². The summed E-state index contributed by atoms with van der Waals surface area (Å²) in [6.07, 6.45) is 62.9. The summed E-state index contributed by atoms with van der Waals surface area (Å²) >= 11 is 0. The number of hydrogen-bond acceptors (Lipinski definition) is 5. The van der Waals surface area contributed by atoms with E-state index in [1.807, 2.05) is 18.2 Å². The van der Waals surface area contributed by atoms with Crippen molar-refractivity contribution < 1.29 is 24.5 Å². The number of ether oxygens (including phenoxy) is 1. The Balaban J connectivity index is 4.79. The van der Waals surface area contributed by atoms with E-state index in [0.717, 1.165) is 109 Å². The fraction of sp³-hybridized carbons (Fsp3) is 0.630. The van der Waals surface area contributed by atoms with E-state index in [2.05, 4.69) is 117 Å². The average Bonchev–Trinajstić information content (AvgIpc) is 3.24. The minimum Gasteiger partial charge on any atom is -0.462 e. The van der Waals surface area contributed by atoms with Crippen LogP contribution in [-0.4, -0.2) is 46.9 Å².